The van der Waals surface area contributed by atoms with Gasteiger partial charge in [0.15, 0.2) is 0 Å². The Hall–Kier alpha value is -2.10. The highest BCUT2D eigenvalue weighted by atomic mass is 19.3. The molecule has 0 bridgehead atoms. The maximum Gasteiger partial charge on any atom is 0.387 e. The third kappa shape index (κ3) is 3.95. The molecular formula is C15H14F2NO. The number of hydrogen-bond donors (Lipinski definition) is 1. The molecule has 0 fully saturated rings. The Morgan fingerprint density at radius 3 is 1.95 bits per heavy atom. The molecule has 0 saturated carbocycles. The van der Waals surface area contributed by atoms with Crippen LogP contribution in [0.4, 0.5) is 20.2 Å². The van der Waals surface area contributed by atoms with E-state index < -0.39 is 6.61 Å². The number of hydrogen-bond acceptors (Lipinski definition) is 2. The Bertz CT molecular complexity index is 509. The third-order valence-corrected chi connectivity index (χ3v) is 2.61. The van der Waals surface area contributed by atoms with Gasteiger partial charge in [-0.25, -0.2) is 0 Å². The van der Waals surface area contributed by atoms with Gasteiger partial charge in [-0.05, 0) is 48.4 Å². The Morgan fingerprint density at radius 2 is 1.47 bits per heavy atom. The minimum Gasteiger partial charge on any atom is -0.435 e. The van der Waals surface area contributed by atoms with Crippen molar-refractivity contribution in [3.8, 4) is 5.75 Å². The molecular weight excluding hydrogens is 248 g/mol. The lowest BCUT2D eigenvalue weighted by molar-refractivity contribution is -0.0498. The molecule has 0 aliphatic carbocycles. The van der Waals surface area contributed by atoms with Gasteiger partial charge in [0.2, 0.25) is 0 Å². The molecule has 99 valence electrons. The van der Waals surface area contributed by atoms with E-state index in [4.69, 9.17) is 0 Å². The summed E-state index contributed by atoms with van der Waals surface area (Å²) < 4.78 is 28.3. The van der Waals surface area contributed by atoms with Crippen molar-refractivity contribution in [3.05, 3.63) is 60.5 Å². The van der Waals surface area contributed by atoms with E-state index in [1.54, 1.807) is 12.1 Å². The molecule has 0 spiro atoms. The molecule has 0 amide bonds. The average Bonchev–Trinajstić information content (AvgIpc) is 2.41. The van der Waals surface area contributed by atoms with Crippen LogP contribution in [0.1, 0.15) is 12.5 Å². The summed E-state index contributed by atoms with van der Waals surface area (Å²) in [5.41, 5.74) is 2.90. The molecule has 4 heteroatoms. The molecule has 2 nitrogen and oxygen atoms in total. The lowest BCUT2D eigenvalue weighted by atomic mass is 10.1. The number of alkyl halides is 2. The summed E-state index contributed by atoms with van der Waals surface area (Å²) >= 11 is 0. The molecule has 0 atom stereocenters. The van der Waals surface area contributed by atoms with Gasteiger partial charge in [0, 0.05) is 11.4 Å². The average molecular weight is 262 g/mol. The number of halogens is 2. The first-order valence-electron chi connectivity index (χ1n) is 5.89. The first kappa shape index (κ1) is 13.3. The smallest absolute Gasteiger partial charge is 0.387 e. The van der Waals surface area contributed by atoms with Crippen molar-refractivity contribution < 1.29 is 13.5 Å². The van der Waals surface area contributed by atoms with Gasteiger partial charge in [-0.2, -0.15) is 8.78 Å². The van der Waals surface area contributed by atoms with Crippen LogP contribution in [-0.4, -0.2) is 6.61 Å². The van der Waals surface area contributed by atoms with Gasteiger partial charge < -0.3 is 10.1 Å². The highest BCUT2D eigenvalue weighted by molar-refractivity contribution is 5.60. The molecule has 0 aromatic heterocycles. The van der Waals surface area contributed by atoms with E-state index in [0.29, 0.717) is 0 Å². The topological polar surface area (TPSA) is 21.3 Å². The minimum absolute atomic E-state index is 0.150. The van der Waals surface area contributed by atoms with Crippen LogP contribution in [-0.2, 0) is 0 Å². The fraction of sp³-hybridized carbons (Fsp3) is 0.133. The maximum atomic E-state index is 12.0. The van der Waals surface area contributed by atoms with E-state index in [1.165, 1.54) is 12.1 Å². The summed E-state index contributed by atoms with van der Waals surface area (Å²) in [6.45, 7) is -0.818. The molecule has 1 N–H and O–H groups in total. The Balaban J connectivity index is 2.02. The molecule has 0 aliphatic heterocycles. The molecule has 19 heavy (non-hydrogen) atoms. The number of anilines is 2. The van der Waals surface area contributed by atoms with Crippen molar-refractivity contribution in [2.75, 3.05) is 5.32 Å². The summed E-state index contributed by atoms with van der Waals surface area (Å²) in [5, 5.41) is 3.18. The van der Waals surface area contributed by atoms with Crippen molar-refractivity contribution in [2.24, 2.45) is 0 Å². The summed E-state index contributed by atoms with van der Waals surface area (Å²) in [6.07, 6.45) is 2.01. The monoisotopic (exact) mass is 262 g/mol. The Kier molecular flexibility index (Phi) is 4.34. The van der Waals surface area contributed by atoms with E-state index in [2.05, 4.69) is 10.1 Å². The minimum atomic E-state index is -2.79. The van der Waals surface area contributed by atoms with E-state index in [1.807, 2.05) is 37.6 Å². The second kappa shape index (κ2) is 6.18. The fourth-order valence-electron chi connectivity index (χ4n) is 1.65. The van der Waals surface area contributed by atoms with Gasteiger partial charge in [-0.3, -0.25) is 0 Å². The van der Waals surface area contributed by atoms with Crippen LogP contribution < -0.4 is 10.1 Å². The third-order valence-electron chi connectivity index (χ3n) is 2.61. The number of ether oxygens (including phenoxy) is 1. The predicted octanol–water partition coefficient (Wildman–Crippen LogP) is 4.60. The zero-order chi connectivity index (χ0) is 13.7. The molecule has 2 aromatic rings. The number of benzene rings is 2. The maximum absolute atomic E-state index is 12.0. The zero-order valence-electron chi connectivity index (χ0n) is 10.4. The fourth-order valence-corrected chi connectivity index (χ4v) is 1.65. The van der Waals surface area contributed by atoms with Crippen molar-refractivity contribution in [3.63, 3.8) is 0 Å². The number of nitrogens with one attached hydrogen (secondary N) is 1. The standard InChI is InChI=1S/C15H14F2NO/c1-2-11-3-5-12(6-4-11)18-13-7-9-14(10-8-13)19-15(16)17/h2-10,15,18H,1H3. The molecule has 0 unspecified atom stereocenters. The van der Waals surface area contributed by atoms with E-state index in [-0.39, 0.29) is 5.75 Å². The van der Waals surface area contributed by atoms with Crippen LogP contribution in [0.2, 0.25) is 0 Å². The van der Waals surface area contributed by atoms with Gasteiger partial charge in [-0.1, -0.05) is 19.1 Å². The van der Waals surface area contributed by atoms with Gasteiger partial charge in [0.1, 0.15) is 5.75 Å². The summed E-state index contributed by atoms with van der Waals surface area (Å²) in [4.78, 5) is 0. The largest absolute Gasteiger partial charge is 0.435 e. The van der Waals surface area contributed by atoms with Crippen LogP contribution in [0.25, 0.3) is 0 Å². The second-order valence-electron chi connectivity index (χ2n) is 3.94. The van der Waals surface area contributed by atoms with Gasteiger partial charge >= 0.3 is 6.61 Å². The van der Waals surface area contributed by atoms with Crippen LogP contribution in [0.15, 0.2) is 48.5 Å². The van der Waals surface area contributed by atoms with Gasteiger partial charge in [0.25, 0.3) is 0 Å². The van der Waals surface area contributed by atoms with E-state index >= 15 is 0 Å². The summed E-state index contributed by atoms with van der Waals surface area (Å²) in [5.74, 6) is 0.150. The first-order valence-corrected chi connectivity index (χ1v) is 5.89. The highest BCUT2D eigenvalue weighted by Crippen LogP contribution is 2.21. The predicted molar refractivity (Wildman–Crippen MR) is 71.9 cm³/mol. The van der Waals surface area contributed by atoms with Gasteiger partial charge in [0.05, 0.1) is 0 Å². The lowest BCUT2D eigenvalue weighted by Crippen LogP contribution is -2.01. The Morgan fingerprint density at radius 1 is 0.947 bits per heavy atom. The quantitative estimate of drug-likeness (QED) is 0.850. The highest BCUT2D eigenvalue weighted by Gasteiger charge is 2.03. The molecule has 1 radical (unpaired) electrons. The van der Waals surface area contributed by atoms with Crippen molar-refractivity contribution in [2.45, 2.75) is 13.5 Å². The molecule has 2 rings (SSSR count). The van der Waals surface area contributed by atoms with Crippen molar-refractivity contribution >= 4 is 11.4 Å². The molecule has 2 aromatic carbocycles. The molecule has 0 saturated heterocycles. The van der Waals surface area contributed by atoms with E-state index in [0.717, 1.165) is 16.9 Å². The first-order chi connectivity index (χ1) is 9.17. The van der Waals surface area contributed by atoms with Crippen molar-refractivity contribution in [1.82, 2.24) is 0 Å². The summed E-state index contributed by atoms with van der Waals surface area (Å²) in [7, 11) is 0. The molecule has 0 aliphatic rings. The zero-order valence-corrected chi connectivity index (χ0v) is 10.4. The van der Waals surface area contributed by atoms with Crippen LogP contribution >= 0.6 is 0 Å². The second-order valence-corrected chi connectivity index (χ2v) is 3.94. The normalized spacial score (nSPS) is 10.5. The van der Waals surface area contributed by atoms with E-state index in [9.17, 15) is 8.78 Å². The number of rotatable bonds is 5. The SMILES string of the molecule is C[CH]c1ccc(Nc2ccc(OC(F)F)cc2)cc1. The van der Waals surface area contributed by atoms with Crippen molar-refractivity contribution in [1.29, 1.82) is 0 Å². The Labute approximate surface area is 111 Å². The van der Waals surface area contributed by atoms with Crippen LogP contribution in [0.5, 0.6) is 5.75 Å². The summed E-state index contributed by atoms with van der Waals surface area (Å²) in [6, 6.07) is 14.3. The van der Waals surface area contributed by atoms with Crippen LogP contribution in [0, 0.1) is 6.42 Å². The lowest BCUT2D eigenvalue weighted by Gasteiger charge is -2.08. The van der Waals surface area contributed by atoms with Crippen LogP contribution in [0.3, 0.4) is 0 Å². The molecule has 0 heterocycles. The van der Waals surface area contributed by atoms with Gasteiger partial charge in [-0.15, -0.1) is 0 Å².